The van der Waals surface area contributed by atoms with Crippen LogP contribution in [0.3, 0.4) is 0 Å². The maximum Gasteiger partial charge on any atom is 0.271 e. The normalized spacial score (nSPS) is 11.7. The Hall–Kier alpha value is -1.31. The van der Waals surface area contributed by atoms with Crippen molar-refractivity contribution in [3.05, 3.63) is 39.9 Å². The fourth-order valence-electron chi connectivity index (χ4n) is 1.09. The molecule has 0 saturated heterocycles. The van der Waals surface area contributed by atoms with E-state index in [4.69, 9.17) is 27.0 Å². The molecule has 0 saturated carbocycles. The summed E-state index contributed by atoms with van der Waals surface area (Å²) < 4.78 is 27.6. The van der Waals surface area contributed by atoms with Crippen LogP contribution in [0.15, 0.2) is 34.7 Å². The third kappa shape index (κ3) is 3.86. The predicted molar refractivity (Wildman–Crippen MR) is 66.6 cm³/mol. The van der Waals surface area contributed by atoms with Crippen molar-refractivity contribution in [2.45, 2.75) is 4.90 Å². The lowest BCUT2D eigenvalue weighted by Crippen LogP contribution is -2.01. The lowest BCUT2D eigenvalue weighted by Gasteiger charge is -2.07. The van der Waals surface area contributed by atoms with Gasteiger partial charge in [-0.1, -0.05) is 11.6 Å². The Bertz CT molecular complexity index is 585. The zero-order valence-corrected chi connectivity index (χ0v) is 11.1. The summed E-state index contributed by atoms with van der Waals surface area (Å²) in [7, 11) is 1.04. The van der Waals surface area contributed by atoms with Crippen LogP contribution in [0, 0.1) is 10.1 Å². The maximum absolute atomic E-state index is 11.3. The predicted octanol–water partition coefficient (Wildman–Crippen LogP) is 2.65. The Morgan fingerprint density at radius 1 is 1.44 bits per heavy atom. The van der Waals surface area contributed by atoms with Crippen molar-refractivity contribution in [1.82, 2.24) is 0 Å². The van der Waals surface area contributed by atoms with E-state index in [2.05, 4.69) is 0 Å². The van der Waals surface area contributed by atoms with Crippen LogP contribution in [0.5, 0.6) is 5.75 Å². The number of rotatable bonds is 5. The molecule has 0 atom stereocenters. The third-order valence-electron chi connectivity index (χ3n) is 1.82. The molecule has 6 nitrogen and oxygen atoms in total. The van der Waals surface area contributed by atoms with Gasteiger partial charge in [-0.2, -0.15) is 0 Å². The first-order valence-electron chi connectivity index (χ1n) is 4.47. The second-order valence-corrected chi connectivity index (χ2v) is 5.79. The number of non-ortho nitro benzene ring substituents is 1. The average Bonchev–Trinajstić information content (AvgIpc) is 2.28. The molecule has 98 valence electrons. The average molecular weight is 312 g/mol. The molecule has 0 aliphatic rings. The van der Waals surface area contributed by atoms with Crippen molar-refractivity contribution >= 4 is 37.0 Å². The minimum Gasteiger partial charge on any atom is -0.488 e. The molecular formula is C9H7Cl2NO5S. The summed E-state index contributed by atoms with van der Waals surface area (Å²) in [6, 6.07) is 3.11. The smallest absolute Gasteiger partial charge is 0.271 e. The van der Waals surface area contributed by atoms with E-state index in [9.17, 15) is 18.5 Å². The third-order valence-corrected chi connectivity index (χ3v) is 3.35. The number of nitrogens with zero attached hydrogens (tertiary/aromatic N) is 1. The van der Waals surface area contributed by atoms with E-state index in [1.807, 2.05) is 0 Å². The molecule has 9 heteroatoms. The van der Waals surface area contributed by atoms with Gasteiger partial charge in [0.05, 0.1) is 4.92 Å². The number of hydrogen-bond acceptors (Lipinski definition) is 5. The molecule has 1 rings (SSSR count). The van der Waals surface area contributed by atoms with Gasteiger partial charge in [0.25, 0.3) is 14.7 Å². The van der Waals surface area contributed by atoms with E-state index < -0.39 is 24.6 Å². The Morgan fingerprint density at radius 2 is 2.11 bits per heavy atom. The van der Waals surface area contributed by atoms with Crippen LogP contribution in [0.25, 0.3) is 0 Å². The lowest BCUT2D eigenvalue weighted by atomic mass is 10.3. The summed E-state index contributed by atoms with van der Waals surface area (Å²) in [5, 5.41) is 10.5. The van der Waals surface area contributed by atoms with Crippen molar-refractivity contribution < 1.29 is 18.1 Å². The molecule has 0 fully saturated rings. The number of nitro groups is 1. The molecule has 0 radical (unpaired) electrons. The maximum atomic E-state index is 11.3. The summed E-state index contributed by atoms with van der Waals surface area (Å²) >= 11 is 5.27. The van der Waals surface area contributed by atoms with Crippen LogP contribution in [-0.2, 0) is 9.05 Å². The van der Waals surface area contributed by atoms with Gasteiger partial charge in [-0.15, -0.1) is 0 Å². The standard InChI is InChI=1S/C9H7Cl2NO5S/c10-4-1-5-17-8-3-2-7(12(13)14)6-9(8)18(11,15)16/h1-4,6H,5H2/b4-1+. The highest BCUT2D eigenvalue weighted by molar-refractivity contribution is 8.13. The van der Waals surface area contributed by atoms with E-state index in [1.54, 1.807) is 0 Å². The van der Waals surface area contributed by atoms with Crippen molar-refractivity contribution in [2.24, 2.45) is 0 Å². The minimum atomic E-state index is -4.14. The van der Waals surface area contributed by atoms with Crippen LogP contribution < -0.4 is 4.74 Å². The van der Waals surface area contributed by atoms with Crippen molar-refractivity contribution in [2.75, 3.05) is 6.61 Å². The molecule has 0 aromatic heterocycles. The highest BCUT2D eigenvalue weighted by Crippen LogP contribution is 2.30. The summed E-state index contributed by atoms with van der Waals surface area (Å²) in [4.78, 5) is 9.36. The molecule has 18 heavy (non-hydrogen) atoms. The first kappa shape index (κ1) is 14.7. The van der Waals surface area contributed by atoms with Crippen LogP contribution in [0.4, 0.5) is 5.69 Å². The van der Waals surface area contributed by atoms with Crippen LogP contribution in [-0.4, -0.2) is 19.9 Å². The van der Waals surface area contributed by atoms with Crippen LogP contribution >= 0.6 is 22.3 Å². The number of ether oxygens (including phenoxy) is 1. The van der Waals surface area contributed by atoms with E-state index in [1.165, 1.54) is 11.6 Å². The van der Waals surface area contributed by atoms with Crippen molar-refractivity contribution in [3.8, 4) is 5.75 Å². The molecule has 0 spiro atoms. The fourth-order valence-corrected chi connectivity index (χ4v) is 2.16. The lowest BCUT2D eigenvalue weighted by molar-refractivity contribution is -0.385. The SMILES string of the molecule is O=[N+]([O-])c1ccc(OC/C=C/Cl)c(S(=O)(=O)Cl)c1. The number of halogens is 2. The number of hydrogen-bond donors (Lipinski definition) is 0. The summed E-state index contributed by atoms with van der Waals surface area (Å²) in [6.07, 6.45) is 1.42. The molecule has 0 amide bonds. The van der Waals surface area contributed by atoms with Gasteiger partial charge in [0, 0.05) is 28.4 Å². The largest absolute Gasteiger partial charge is 0.488 e. The second-order valence-electron chi connectivity index (χ2n) is 3.00. The fraction of sp³-hybridized carbons (Fsp3) is 0.111. The van der Waals surface area contributed by atoms with Crippen LogP contribution in [0.1, 0.15) is 0 Å². The zero-order valence-electron chi connectivity index (χ0n) is 8.75. The minimum absolute atomic E-state index is 0.0146. The molecule has 1 aromatic carbocycles. The highest BCUT2D eigenvalue weighted by Gasteiger charge is 2.21. The highest BCUT2D eigenvalue weighted by atomic mass is 35.7. The molecule has 0 N–H and O–H groups in total. The van der Waals surface area contributed by atoms with E-state index in [0.717, 1.165) is 18.2 Å². The van der Waals surface area contributed by atoms with Gasteiger partial charge in [0.1, 0.15) is 17.3 Å². The summed E-state index contributed by atoms with van der Waals surface area (Å²) in [6.45, 7) is 0.0146. The van der Waals surface area contributed by atoms with Gasteiger partial charge in [-0.05, 0) is 12.1 Å². The van der Waals surface area contributed by atoms with Gasteiger partial charge < -0.3 is 4.74 Å². The summed E-state index contributed by atoms with van der Waals surface area (Å²) in [5.74, 6) is -0.0784. The Balaban J connectivity index is 3.22. The van der Waals surface area contributed by atoms with Gasteiger partial charge in [-0.3, -0.25) is 10.1 Å². The molecule has 1 aromatic rings. The van der Waals surface area contributed by atoms with Gasteiger partial charge >= 0.3 is 0 Å². The van der Waals surface area contributed by atoms with Crippen molar-refractivity contribution in [1.29, 1.82) is 0 Å². The van der Waals surface area contributed by atoms with Gasteiger partial charge in [-0.25, -0.2) is 8.42 Å². The van der Waals surface area contributed by atoms with Gasteiger partial charge in [0.2, 0.25) is 0 Å². The number of nitro benzene ring substituents is 1. The van der Waals surface area contributed by atoms with E-state index >= 15 is 0 Å². The molecule has 0 heterocycles. The monoisotopic (exact) mass is 311 g/mol. The Labute approximate surface area is 112 Å². The Kier molecular flexibility index (Phi) is 4.94. The zero-order chi connectivity index (χ0) is 13.8. The topological polar surface area (TPSA) is 86.5 Å². The first-order chi connectivity index (χ1) is 8.36. The van der Waals surface area contributed by atoms with Crippen molar-refractivity contribution in [3.63, 3.8) is 0 Å². The quantitative estimate of drug-likeness (QED) is 0.474. The molecule has 0 unspecified atom stereocenters. The molecule has 0 bridgehead atoms. The van der Waals surface area contributed by atoms with Crippen LogP contribution in [0.2, 0.25) is 0 Å². The van der Waals surface area contributed by atoms with E-state index in [0.29, 0.717) is 0 Å². The molecule has 0 aliphatic carbocycles. The summed E-state index contributed by atoms with van der Waals surface area (Å²) in [5.41, 5.74) is 0.801. The second kappa shape index (κ2) is 6.03. The van der Waals surface area contributed by atoms with Gasteiger partial charge in [0.15, 0.2) is 0 Å². The first-order valence-corrected chi connectivity index (χ1v) is 7.22. The molecule has 0 aliphatic heterocycles. The number of benzene rings is 1. The molecular weight excluding hydrogens is 305 g/mol. The Morgan fingerprint density at radius 3 is 2.61 bits per heavy atom. The van der Waals surface area contributed by atoms with E-state index in [-0.39, 0.29) is 12.4 Å².